The number of hydrogen-bond acceptors (Lipinski definition) is 4. The third kappa shape index (κ3) is 4.29. The summed E-state index contributed by atoms with van der Waals surface area (Å²) in [6, 6.07) is 9.40. The molecular formula is C14H18FNO3. The van der Waals surface area contributed by atoms with Crippen LogP contribution in [0, 0.1) is 0 Å². The zero-order valence-electron chi connectivity index (χ0n) is 10.7. The number of piperidine rings is 1. The number of esters is 1. The van der Waals surface area contributed by atoms with Gasteiger partial charge in [-0.1, -0.05) is 30.3 Å². The van der Waals surface area contributed by atoms with Gasteiger partial charge in [0.05, 0.1) is 12.6 Å². The van der Waals surface area contributed by atoms with Crippen LogP contribution in [0.2, 0.25) is 0 Å². The van der Waals surface area contributed by atoms with E-state index < -0.39 is 12.3 Å². The molecule has 2 atom stereocenters. The van der Waals surface area contributed by atoms with Crippen molar-refractivity contribution < 1.29 is 19.0 Å². The van der Waals surface area contributed by atoms with Gasteiger partial charge in [0.25, 0.3) is 0 Å². The van der Waals surface area contributed by atoms with E-state index in [1.807, 2.05) is 30.3 Å². The molecular weight excluding hydrogens is 249 g/mol. The van der Waals surface area contributed by atoms with Gasteiger partial charge in [0.2, 0.25) is 0 Å². The van der Waals surface area contributed by atoms with E-state index in [2.05, 4.69) is 0 Å². The largest absolute Gasteiger partial charge is 0.460 e. The quantitative estimate of drug-likeness (QED) is 0.831. The van der Waals surface area contributed by atoms with E-state index in [9.17, 15) is 14.3 Å². The van der Waals surface area contributed by atoms with Crippen LogP contribution < -0.4 is 0 Å². The number of carbonyl (C=O) groups excluding carboxylic acids is 1. The second kappa shape index (κ2) is 6.63. The summed E-state index contributed by atoms with van der Waals surface area (Å²) in [5.41, 5.74) is 0.924. The van der Waals surface area contributed by atoms with Crippen LogP contribution in [0.1, 0.15) is 12.0 Å². The molecule has 0 aliphatic carbocycles. The second-order valence-corrected chi connectivity index (χ2v) is 4.75. The lowest BCUT2D eigenvalue weighted by atomic mass is 10.1. The molecule has 19 heavy (non-hydrogen) atoms. The third-order valence-corrected chi connectivity index (χ3v) is 3.19. The lowest BCUT2D eigenvalue weighted by molar-refractivity contribution is -0.147. The van der Waals surface area contributed by atoms with E-state index in [1.165, 1.54) is 0 Å². The molecule has 0 amide bonds. The minimum absolute atomic E-state index is 0.0694. The molecule has 0 saturated carbocycles. The van der Waals surface area contributed by atoms with Crippen molar-refractivity contribution in [3.05, 3.63) is 35.9 Å². The summed E-state index contributed by atoms with van der Waals surface area (Å²) in [4.78, 5) is 13.3. The van der Waals surface area contributed by atoms with Crippen LogP contribution in [0.15, 0.2) is 30.3 Å². The van der Waals surface area contributed by atoms with E-state index in [0.717, 1.165) is 5.56 Å². The summed E-state index contributed by atoms with van der Waals surface area (Å²) in [5.74, 6) is -0.368. The fourth-order valence-corrected chi connectivity index (χ4v) is 2.07. The van der Waals surface area contributed by atoms with Crippen LogP contribution in [-0.4, -0.2) is 47.9 Å². The smallest absolute Gasteiger partial charge is 0.320 e. The number of benzene rings is 1. The molecule has 1 fully saturated rings. The Kier molecular flexibility index (Phi) is 4.87. The Balaban J connectivity index is 1.73. The van der Waals surface area contributed by atoms with Crippen LogP contribution in [0.3, 0.4) is 0 Å². The van der Waals surface area contributed by atoms with E-state index in [1.54, 1.807) is 4.90 Å². The number of halogens is 1. The highest BCUT2D eigenvalue weighted by molar-refractivity contribution is 5.71. The number of carbonyl (C=O) groups is 1. The molecule has 5 heteroatoms. The topological polar surface area (TPSA) is 49.8 Å². The molecule has 0 bridgehead atoms. The minimum atomic E-state index is -1.28. The van der Waals surface area contributed by atoms with Crippen LogP contribution in [-0.2, 0) is 16.1 Å². The zero-order chi connectivity index (χ0) is 13.7. The maximum absolute atomic E-state index is 13.3. The van der Waals surface area contributed by atoms with E-state index in [-0.39, 0.29) is 25.7 Å². The SMILES string of the molecule is O=C(CN1CCC(O)[C@H](F)C1)OCc1ccccc1. The number of nitrogens with zero attached hydrogens (tertiary/aromatic N) is 1. The lowest BCUT2D eigenvalue weighted by Crippen LogP contribution is -2.46. The molecule has 1 N–H and O–H groups in total. The van der Waals surface area contributed by atoms with Gasteiger partial charge in [-0.3, -0.25) is 9.69 Å². The second-order valence-electron chi connectivity index (χ2n) is 4.75. The normalized spacial score (nSPS) is 24.1. The first-order valence-corrected chi connectivity index (χ1v) is 6.39. The molecule has 1 heterocycles. The summed E-state index contributed by atoms with van der Waals surface area (Å²) in [7, 11) is 0. The molecule has 1 saturated heterocycles. The average Bonchev–Trinajstić information content (AvgIpc) is 2.42. The summed E-state index contributed by atoms with van der Waals surface area (Å²) in [6.45, 7) is 0.902. The number of aliphatic hydroxyl groups excluding tert-OH is 1. The maximum Gasteiger partial charge on any atom is 0.320 e. The number of hydrogen-bond donors (Lipinski definition) is 1. The van der Waals surface area contributed by atoms with E-state index >= 15 is 0 Å². The monoisotopic (exact) mass is 267 g/mol. The van der Waals surface area contributed by atoms with Crippen molar-refractivity contribution in [3.63, 3.8) is 0 Å². The molecule has 0 radical (unpaired) electrons. The van der Waals surface area contributed by atoms with Gasteiger partial charge in [0.15, 0.2) is 0 Å². The number of aliphatic hydroxyl groups is 1. The number of alkyl halides is 1. The molecule has 2 rings (SSSR count). The summed E-state index contributed by atoms with van der Waals surface area (Å²) in [5, 5.41) is 9.26. The van der Waals surface area contributed by atoms with Gasteiger partial charge in [0.1, 0.15) is 12.8 Å². The fourth-order valence-electron chi connectivity index (χ4n) is 2.07. The maximum atomic E-state index is 13.3. The van der Waals surface area contributed by atoms with Crippen LogP contribution in [0.25, 0.3) is 0 Å². The number of likely N-dealkylation sites (tertiary alicyclic amines) is 1. The highest BCUT2D eigenvalue weighted by atomic mass is 19.1. The molecule has 1 aliphatic heterocycles. The standard InChI is InChI=1S/C14H18FNO3/c15-12-8-16(7-6-13(12)17)9-14(18)19-10-11-4-2-1-3-5-11/h1-5,12-13,17H,6-10H2/t12-,13?/m1/s1. The molecule has 0 aromatic heterocycles. The first-order chi connectivity index (χ1) is 9.15. The molecule has 1 aromatic carbocycles. The van der Waals surface area contributed by atoms with Gasteiger partial charge in [0, 0.05) is 13.1 Å². The van der Waals surface area contributed by atoms with E-state index in [0.29, 0.717) is 13.0 Å². The van der Waals surface area contributed by atoms with Crippen molar-refractivity contribution in [2.45, 2.75) is 25.3 Å². The first-order valence-electron chi connectivity index (χ1n) is 6.39. The Morgan fingerprint density at radius 1 is 1.42 bits per heavy atom. The Morgan fingerprint density at radius 3 is 2.84 bits per heavy atom. The summed E-state index contributed by atoms with van der Waals surface area (Å²) >= 11 is 0. The van der Waals surface area contributed by atoms with Gasteiger partial charge in [-0.2, -0.15) is 0 Å². The zero-order valence-corrected chi connectivity index (χ0v) is 10.7. The molecule has 1 aromatic rings. The van der Waals surface area contributed by atoms with Crippen LogP contribution in [0.4, 0.5) is 4.39 Å². The van der Waals surface area contributed by atoms with Crippen LogP contribution >= 0.6 is 0 Å². The highest BCUT2D eigenvalue weighted by Crippen LogP contribution is 2.13. The van der Waals surface area contributed by atoms with Crippen LogP contribution in [0.5, 0.6) is 0 Å². The third-order valence-electron chi connectivity index (χ3n) is 3.19. The highest BCUT2D eigenvalue weighted by Gasteiger charge is 2.28. The summed E-state index contributed by atoms with van der Waals surface area (Å²) < 4.78 is 18.4. The number of ether oxygens (including phenoxy) is 1. The van der Waals surface area contributed by atoms with Crippen molar-refractivity contribution >= 4 is 5.97 Å². The van der Waals surface area contributed by atoms with Gasteiger partial charge in [-0.25, -0.2) is 4.39 Å². The van der Waals surface area contributed by atoms with Gasteiger partial charge in [-0.15, -0.1) is 0 Å². The molecule has 4 nitrogen and oxygen atoms in total. The molecule has 104 valence electrons. The Bertz CT molecular complexity index is 412. The molecule has 0 spiro atoms. The average molecular weight is 267 g/mol. The molecule has 1 aliphatic rings. The number of rotatable bonds is 4. The van der Waals surface area contributed by atoms with Crippen molar-refractivity contribution in [1.29, 1.82) is 0 Å². The van der Waals surface area contributed by atoms with Crippen molar-refractivity contribution in [1.82, 2.24) is 4.90 Å². The predicted octanol–water partition coefficient (Wildman–Crippen LogP) is 1.13. The Hall–Kier alpha value is -1.46. The fraction of sp³-hybridized carbons (Fsp3) is 0.500. The van der Waals surface area contributed by atoms with Crippen molar-refractivity contribution in [3.8, 4) is 0 Å². The van der Waals surface area contributed by atoms with Crippen molar-refractivity contribution in [2.24, 2.45) is 0 Å². The van der Waals surface area contributed by atoms with Gasteiger partial charge < -0.3 is 9.84 Å². The lowest BCUT2D eigenvalue weighted by Gasteiger charge is -2.31. The Morgan fingerprint density at radius 2 is 2.16 bits per heavy atom. The Labute approximate surface area is 111 Å². The van der Waals surface area contributed by atoms with Gasteiger partial charge in [-0.05, 0) is 12.0 Å². The molecule has 1 unspecified atom stereocenters. The minimum Gasteiger partial charge on any atom is -0.460 e. The summed E-state index contributed by atoms with van der Waals surface area (Å²) in [6.07, 6.45) is -1.83. The van der Waals surface area contributed by atoms with E-state index in [4.69, 9.17) is 4.74 Å². The van der Waals surface area contributed by atoms with Crippen molar-refractivity contribution in [2.75, 3.05) is 19.6 Å². The first kappa shape index (κ1) is 14.0. The predicted molar refractivity (Wildman–Crippen MR) is 68.2 cm³/mol. The van der Waals surface area contributed by atoms with Gasteiger partial charge >= 0.3 is 5.97 Å².